The van der Waals surface area contributed by atoms with Gasteiger partial charge in [-0.05, 0) is 11.6 Å². The maximum absolute atomic E-state index is 10.9. The molecule has 0 saturated heterocycles. The van der Waals surface area contributed by atoms with Gasteiger partial charge in [0.15, 0.2) is 6.61 Å². The molecule has 0 aliphatic carbocycles. The SMILES string of the molecule is [O]CC(F)(F)Cl. The van der Waals surface area contributed by atoms with Crippen LogP contribution in [-0.4, -0.2) is 12.0 Å². The minimum absolute atomic E-state index is 1.55. The molecule has 0 aromatic carbocycles. The van der Waals surface area contributed by atoms with Crippen LogP contribution in [0, 0.1) is 0 Å². The standard InChI is InChI=1S/C2H2ClF2O/c3-2(4,5)1-6/h1H2. The summed E-state index contributed by atoms with van der Waals surface area (Å²) in [5.41, 5.74) is 0. The molecule has 0 atom stereocenters. The van der Waals surface area contributed by atoms with Crippen molar-refractivity contribution in [2.24, 2.45) is 0 Å². The summed E-state index contributed by atoms with van der Waals surface area (Å²) in [6, 6.07) is 0. The Balaban J connectivity index is 3.17. The Morgan fingerprint density at radius 2 is 1.83 bits per heavy atom. The van der Waals surface area contributed by atoms with Crippen LogP contribution in [0.3, 0.4) is 0 Å². The van der Waals surface area contributed by atoms with Crippen LogP contribution in [0.15, 0.2) is 0 Å². The van der Waals surface area contributed by atoms with E-state index in [2.05, 4.69) is 11.6 Å². The molecule has 0 amide bonds. The molecule has 6 heavy (non-hydrogen) atoms. The van der Waals surface area contributed by atoms with Gasteiger partial charge in [-0.25, -0.2) is 5.11 Å². The first-order chi connectivity index (χ1) is 2.56. The van der Waals surface area contributed by atoms with E-state index in [0.717, 1.165) is 0 Å². The van der Waals surface area contributed by atoms with Crippen LogP contribution < -0.4 is 0 Å². The smallest absolute Gasteiger partial charge is 0.229 e. The minimum Gasteiger partial charge on any atom is -0.229 e. The van der Waals surface area contributed by atoms with Crippen LogP contribution in [0.5, 0.6) is 0 Å². The average molecular weight is 115 g/mol. The Bertz CT molecular complexity index is 41.3. The second kappa shape index (κ2) is 1.71. The number of rotatable bonds is 1. The lowest BCUT2D eigenvalue weighted by atomic mass is 10.8. The van der Waals surface area contributed by atoms with Crippen LogP contribution >= 0.6 is 11.6 Å². The summed E-state index contributed by atoms with van der Waals surface area (Å²) in [6.07, 6.45) is 0. The second-order valence-electron chi connectivity index (χ2n) is 0.760. The summed E-state index contributed by atoms with van der Waals surface area (Å²) in [5.74, 6) is 0. The summed E-state index contributed by atoms with van der Waals surface area (Å²) in [6.45, 7) is -1.55. The molecule has 0 heterocycles. The van der Waals surface area contributed by atoms with Gasteiger partial charge < -0.3 is 0 Å². The Kier molecular flexibility index (Phi) is 1.74. The number of hydrogen-bond acceptors (Lipinski definition) is 0. The van der Waals surface area contributed by atoms with Crippen molar-refractivity contribution in [3.63, 3.8) is 0 Å². The molecule has 0 aromatic rings. The first-order valence-corrected chi connectivity index (χ1v) is 1.59. The third kappa shape index (κ3) is 4.11. The van der Waals surface area contributed by atoms with Gasteiger partial charge in [-0.15, -0.1) is 0 Å². The summed E-state index contributed by atoms with van der Waals surface area (Å²) in [5, 5.41) is 5.53. The Labute approximate surface area is 38.5 Å². The molecule has 0 aliphatic heterocycles. The fourth-order valence-electron chi connectivity index (χ4n) is 0. The second-order valence-corrected chi connectivity index (χ2v) is 1.31. The lowest BCUT2D eigenvalue weighted by Gasteiger charge is -1.95. The summed E-state index contributed by atoms with van der Waals surface area (Å²) in [4.78, 5) is 0. The molecule has 0 fully saturated rings. The van der Waals surface area contributed by atoms with E-state index >= 15 is 0 Å². The highest BCUT2D eigenvalue weighted by Crippen LogP contribution is 2.16. The first kappa shape index (κ1) is 6.11. The number of alkyl halides is 3. The first-order valence-electron chi connectivity index (χ1n) is 1.21. The van der Waals surface area contributed by atoms with E-state index < -0.39 is 12.0 Å². The monoisotopic (exact) mass is 115 g/mol. The molecule has 0 rings (SSSR count). The van der Waals surface area contributed by atoms with Crippen molar-refractivity contribution < 1.29 is 13.9 Å². The van der Waals surface area contributed by atoms with Crippen molar-refractivity contribution in [1.29, 1.82) is 0 Å². The van der Waals surface area contributed by atoms with Crippen molar-refractivity contribution >= 4 is 11.6 Å². The largest absolute Gasteiger partial charge is 0.347 e. The fourth-order valence-corrected chi connectivity index (χ4v) is 0. The quantitative estimate of drug-likeness (QED) is 0.459. The highest BCUT2D eigenvalue weighted by molar-refractivity contribution is 6.21. The van der Waals surface area contributed by atoms with Crippen LogP contribution in [-0.2, 0) is 5.11 Å². The van der Waals surface area contributed by atoms with Crippen LogP contribution in [0.1, 0.15) is 0 Å². The lowest BCUT2D eigenvalue weighted by Crippen LogP contribution is -2.09. The molecule has 0 bridgehead atoms. The fraction of sp³-hybridized carbons (Fsp3) is 1.00. The zero-order valence-electron chi connectivity index (χ0n) is 2.75. The van der Waals surface area contributed by atoms with Crippen molar-refractivity contribution in [3.8, 4) is 0 Å². The highest BCUT2D eigenvalue weighted by atomic mass is 35.5. The Hall–Kier alpha value is 0.110. The molecule has 0 unspecified atom stereocenters. The van der Waals surface area contributed by atoms with Crippen LogP contribution in [0.4, 0.5) is 8.78 Å². The van der Waals surface area contributed by atoms with E-state index in [1.807, 2.05) is 0 Å². The van der Waals surface area contributed by atoms with Gasteiger partial charge in [0.25, 0.3) is 0 Å². The maximum Gasteiger partial charge on any atom is 0.347 e. The minimum atomic E-state index is -3.54. The summed E-state index contributed by atoms with van der Waals surface area (Å²) >= 11 is 4.07. The lowest BCUT2D eigenvalue weighted by molar-refractivity contribution is -0.00294. The van der Waals surface area contributed by atoms with E-state index in [1.165, 1.54) is 0 Å². The third-order valence-electron chi connectivity index (χ3n) is 0.164. The van der Waals surface area contributed by atoms with Crippen LogP contribution in [0.25, 0.3) is 0 Å². The van der Waals surface area contributed by atoms with Crippen molar-refractivity contribution in [2.75, 3.05) is 6.61 Å². The molecule has 4 heteroatoms. The van der Waals surface area contributed by atoms with Gasteiger partial charge in [0.05, 0.1) is 0 Å². The van der Waals surface area contributed by atoms with Crippen molar-refractivity contribution in [3.05, 3.63) is 0 Å². The molecule has 0 saturated carbocycles. The van der Waals surface area contributed by atoms with Crippen LogP contribution in [0.2, 0.25) is 0 Å². The molecular formula is C2H2ClF2O. The summed E-state index contributed by atoms with van der Waals surface area (Å²) in [7, 11) is 0. The van der Waals surface area contributed by atoms with E-state index in [4.69, 9.17) is 5.11 Å². The van der Waals surface area contributed by atoms with E-state index in [9.17, 15) is 8.78 Å². The maximum atomic E-state index is 10.9. The molecule has 0 spiro atoms. The van der Waals surface area contributed by atoms with E-state index in [-0.39, 0.29) is 0 Å². The zero-order valence-corrected chi connectivity index (χ0v) is 3.51. The van der Waals surface area contributed by atoms with Gasteiger partial charge in [-0.3, -0.25) is 0 Å². The molecule has 1 radical (unpaired) electrons. The van der Waals surface area contributed by atoms with E-state index in [0.29, 0.717) is 0 Å². The zero-order chi connectivity index (χ0) is 5.21. The normalized spacial score (nSPS) is 12.0. The average Bonchev–Trinajstić information content (AvgIpc) is 1.35. The molecule has 37 valence electrons. The predicted octanol–water partition coefficient (Wildman–Crippen LogP) is 1.25. The molecule has 1 nitrogen and oxygen atoms in total. The van der Waals surface area contributed by atoms with Gasteiger partial charge in [-0.1, -0.05) is 0 Å². The van der Waals surface area contributed by atoms with Gasteiger partial charge in [-0.2, -0.15) is 8.78 Å². The van der Waals surface area contributed by atoms with Gasteiger partial charge in [0, 0.05) is 0 Å². The van der Waals surface area contributed by atoms with Gasteiger partial charge in [0.1, 0.15) is 0 Å². The number of hydrogen-bond donors (Lipinski definition) is 0. The Morgan fingerprint density at radius 1 is 1.67 bits per heavy atom. The van der Waals surface area contributed by atoms with Crippen molar-refractivity contribution in [2.45, 2.75) is 5.38 Å². The topological polar surface area (TPSA) is 19.9 Å². The molecular weight excluding hydrogens is 113 g/mol. The molecule has 0 aromatic heterocycles. The molecule has 0 aliphatic rings. The van der Waals surface area contributed by atoms with Gasteiger partial charge in [0.2, 0.25) is 0 Å². The van der Waals surface area contributed by atoms with Crippen molar-refractivity contribution in [1.82, 2.24) is 0 Å². The van der Waals surface area contributed by atoms with Gasteiger partial charge >= 0.3 is 5.38 Å². The van der Waals surface area contributed by atoms with E-state index in [1.54, 1.807) is 0 Å². The highest BCUT2D eigenvalue weighted by Gasteiger charge is 2.22. The third-order valence-corrected chi connectivity index (χ3v) is 0.273. The number of halogens is 3. The molecule has 0 N–H and O–H groups in total. The predicted molar refractivity (Wildman–Crippen MR) is 16.4 cm³/mol. The summed E-state index contributed by atoms with van der Waals surface area (Å²) < 4.78 is 21.8. The Morgan fingerprint density at radius 3 is 1.83 bits per heavy atom.